The monoisotopic (exact) mass is 531 g/mol. The Bertz CT molecular complexity index is 1350. The number of halogens is 3. The molecule has 0 unspecified atom stereocenters. The predicted octanol–water partition coefficient (Wildman–Crippen LogP) is 6.69. The third-order valence-electron chi connectivity index (χ3n) is 4.64. The number of methoxy groups -OCH3 is 1. The fourth-order valence-corrected chi connectivity index (χ4v) is 3.80. The number of nitro benzene ring substituents is 1. The lowest BCUT2D eigenvalue weighted by Gasteiger charge is -2.14. The number of carbonyl (C=O) groups is 1. The van der Waals surface area contributed by atoms with Crippen molar-refractivity contribution >= 4 is 58.2 Å². The molecule has 1 amide bonds. The molecule has 0 heterocycles. The van der Waals surface area contributed by atoms with Crippen LogP contribution in [0.4, 0.5) is 11.4 Å². The number of hydrogen-bond donors (Lipinski definition) is 1. The van der Waals surface area contributed by atoms with Gasteiger partial charge in [0.05, 0.1) is 27.8 Å². The molecule has 0 saturated carbocycles. The fraction of sp³-hybridized carbons (Fsp3) is 0.0833. The summed E-state index contributed by atoms with van der Waals surface area (Å²) in [7, 11) is 1.46. The van der Waals surface area contributed by atoms with Crippen LogP contribution in [-0.2, 0) is 11.4 Å². The zero-order chi connectivity index (χ0) is 25.5. The molecule has 8 nitrogen and oxygen atoms in total. The number of nitriles is 1. The van der Waals surface area contributed by atoms with E-state index in [2.05, 4.69) is 5.32 Å². The van der Waals surface area contributed by atoms with E-state index in [1.165, 1.54) is 13.2 Å². The third-order valence-corrected chi connectivity index (χ3v) is 5.47. The Labute approximate surface area is 215 Å². The smallest absolute Gasteiger partial charge is 0.272 e. The SMILES string of the molecule is COc1cccc(/C=C(\C#N)C(=O)Nc2c(Cl)cc([N+](=O)[O-])cc2Cl)c1OCc1cccc(Cl)c1. The maximum absolute atomic E-state index is 12.8. The fourth-order valence-electron chi connectivity index (χ4n) is 3.01. The van der Waals surface area contributed by atoms with Crippen molar-refractivity contribution in [2.45, 2.75) is 6.61 Å². The number of amides is 1. The summed E-state index contributed by atoms with van der Waals surface area (Å²) in [5.41, 5.74) is 0.509. The van der Waals surface area contributed by atoms with Crippen LogP contribution >= 0.6 is 34.8 Å². The normalized spacial score (nSPS) is 10.9. The van der Waals surface area contributed by atoms with Gasteiger partial charge in [0.25, 0.3) is 11.6 Å². The molecule has 178 valence electrons. The molecule has 3 rings (SSSR count). The van der Waals surface area contributed by atoms with Gasteiger partial charge in [-0.1, -0.05) is 59.1 Å². The van der Waals surface area contributed by atoms with E-state index in [9.17, 15) is 20.2 Å². The van der Waals surface area contributed by atoms with Gasteiger partial charge in [-0.05, 0) is 29.8 Å². The van der Waals surface area contributed by atoms with E-state index in [4.69, 9.17) is 44.3 Å². The molecular formula is C24H16Cl3N3O5. The molecular weight excluding hydrogens is 517 g/mol. The number of carbonyl (C=O) groups excluding carboxylic acids is 1. The standard InChI is InChI=1S/C24H16Cl3N3O5/c1-34-21-7-3-5-15(23(21)35-13-14-4-2-6-17(25)8-14)9-16(12-28)24(31)29-22-19(26)10-18(30(32)33)11-20(22)27/h2-11H,13H2,1H3,(H,29,31)/b16-9+. The van der Waals surface area contributed by atoms with Crippen LogP contribution < -0.4 is 14.8 Å². The van der Waals surface area contributed by atoms with E-state index >= 15 is 0 Å². The average molecular weight is 533 g/mol. The first-order chi connectivity index (χ1) is 16.7. The molecule has 0 radical (unpaired) electrons. The van der Waals surface area contributed by atoms with Crippen molar-refractivity contribution in [3.8, 4) is 17.6 Å². The Morgan fingerprint density at radius 1 is 1.14 bits per heavy atom. The zero-order valence-corrected chi connectivity index (χ0v) is 20.3. The number of para-hydroxylation sites is 1. The second-order valence-electron chi connectivity index (χ2n) is 6.96. The lowest BCUT2D eigenvalue weighted by molar-refractivity contribution is -0.384. The van der Waals surface area contributed by atoms with Crippen LogP contribution in [0, 0.1) is 21.4 Å². The zero-order valence-electron chi connectivity index (χ0n) is 18.1. The quantitative estimate of drug-likeness (QED) is 0.150. The minimum Gasteiger partial charge on any atom is -0.493 e. The largest absolute Gasteiger partial charge is 0.493 e. The molecule has 11 heteroatoms. The molecule has 0 bridgehead atoms. The van der Waals surface area contributed by atoms with E-state index in [0.29, 0.717) is 22.1 Å². The summed E-state index contributed by atoms with van der Waals surface area (Å²) < 4.78 is 11.3. The Morgan fingerprint density at radius 3 is 2.43 bits per heavy atom. The molecule has 3 aromatic carbocycles. The van der Waals surface area contributed by atoms with Crippen LogP contribution in [0.2, 0.25) is 15.1 Å². The van der Waals surface area contributed by atoms with Crippen LogP contribution in [0.5, 0.6) is 11.5 Å². The van der Waals surface area contributed by atoms with Crippen LogP contribution in [0.1, 0.15) is 11.1 Å². The number of benzene rings is 3. The molecule has 1 N–H and O–H groups in total. The Kier molecular flexibility index (Phi) is 8.55. The summed E-state index contributed by atoms with van der Waals surface area (Å²) in [5.74, 6) is -0.129. The van der Waals surface area contributed by atoms with Gasteiger partial charge in [-0.2, -0.15) is 5.26 Å². The molecule has 0 aliphatic carbocycles. The van der Waals surface area contributed by atoms with Gasteiger partial charge >= 0.3 is 0 Å². The highest BCUT2D eigenvalue weighted by Gasteiger charge is 2.19. The summed E-state index contributed by atoms with van der Waals surface area (Å²) in [6, 6.07) is 16.0. The summed E-state index contributed by atoms with van der Waals surface area (Å²) in [5, 5.41) is 23.3. The molecule has 0 fully saturated rings. The van der Waals surface area contributed by atoms with Gasteiger partial charge in [0.1, 0.15) is 18.2 Å². The van der Waals surface area contributed by atoms with E-state index in [1.807, 2.05) is 12.1 Å². The van der Waals surface area contributed by atoms with Crippen LogP contribution in [0.25, 0.3) is 6.08 Å². The van der Waals surface area contributed by atoms with E-state index < -0.39 is 10.8 Å². The Balaban J connectivity index is 1.91. The lowest BCUT2D eigenvalue weighted by atomic mass is 10.1. The van der Waals surface area contributed by atoms with Gasteiger partial charge in [0, 0.05) is 22.7 Å². The molecule has 0 atom stereocenters. The summed E-state index contributed by atoms with van der Waals surface area (Å²) in [4.78, 5) is 23.1. The van der Waals surface area contributed by atoms with E-state index in [1.54, 1.807) is 36.4 Å². The Morgan fingerprint density at radius 2 is 1.83 bits per heavy atom. The van der Waals surface area contributed by atoms with Crippen molar-refractivity contribution in [2.75, 3.05) is 12.4 Å². The number of nitro groups is 1. The highest BCUT2D eigenvalue weighted by Crippen LogP contribution is 2.36. The van der Waals surface area contributed by atoms with Crippen molar-refractivity contribution in [2.24, 2.45) is 0 Å². The molecule has 0 saturated heterocycles. The molecule has 3 aromatic rings. The number of non-ortho nitro benzene ring substituents is 1. The highest BCUT2D eigenvalue weighted by atomic mass is 35.5. The number of anilines is 1. The van der Waals surface area contributed by atoms with Gasteiger partial charge in [0.2, 0.25) is 0 Å². The van der Waals surface area contributed by atoms with Gasteiger partial charge in [-0.25, -0.2) is 0 Å². The van der Waals surface area contributed by atoms with E-state index in [0.717, 1.165) is 17.7 Å². The van der Waals surface area contributed by atoms with Crippen molar-refractivity contribution in [1.82, 2.24) is 0 Å². The van der Waals surface area contributed by atoms with Crippen molar-refractivity contribution in [3.05, 3.63) is 96.5 Å². The number of hydrogen-bond acceptors (Lipinski definition) is 6. The molecule has 0 aliphatic heterocycles. The minimum absolute atomic E-state index is 0.0619. The first-order valence-electron chi connectivity index (χ1n) is 9.84. The maximum atomic E-state index is 12.8. The predicted molar refractivity (Wildman–Crippen MR) is 134 cm³/mol. The molecule has 0 spiro atoms. The van der Waals surface area contributed by atoms with Gasteiger partial charge < -0.3 is 14.8 Å². The highest BCUT2D eigenvalue weighted by molar-refractivity contribution is 6.40. The summed E-state index contributed by atoms with van der Waals surface area (Å²) >= 11 is 18.1. The van der Waals surface area contributed by atoms with Crippen molar-refractivity contribution in [1.29, 1.82) is 5.26 Å². The van der Waals surface area contributed by atoms with Gasteiger partial charge in [-0.15, -0.1) is 0 Å². The van der Waals surface area contributed by atoms with Crippen LogP contribution in [0.15, 0.2) is 60.2 Å². The second kappa shape index (κ2) is 11.6. The molecule has 0 aromatic heterocycles. The third kappa shape index (κ3) is 6.43. The molecule has 0 aliphatic rings. The van der Waals surface area contributed by atoms with Gasteiger partial charge in [0.15, 0.2) is 11.5 Å². The minimum atomic E-state index is -0.825. The molecule has 35 heavy (non-hydrogen) atoms. The number of rotatable bonds is 8. The number of ether oxygens (including phenoxy) is 2. The van der Waals surface area contributed by atoms with Gasteiger partial charge in [-0.3, -0.25) is 14.9 Å². The second-order valence-corrected chi connectivity index (χ2v) is 8.21. The summed E-state index contributed by atoms with van der Waals surface area (Å²) in [6.07, 6.45) is 1.32. The average Bonchev–Trinajstić information content (AvgIpc) is 2.83. The first kappa shape index (κ1) is 25.8. The number of nitrogens with one attached hydrogen (secondary N) is 1. The van der Waals surface area contributed by atoms with Crippen molar-refractivity contribution in [3.63, 3.8) is 0 Å². The Hall–Kier alpha value is -3.77. The lowest BCUT2D eigenvalue weighted by Crippen LogP contribution is -2.14. The maximum Gasteiger partial charge on any atom is 0.272 e. The topological polar surface area (TPSA) is 114 Å². The van der Waals surface area contributed by atoms with Crippen LogP contribution in [-0.4, -0.2) is 17.9 Å². The number of nitrogens with zero attached hydrogens (tertiary/aromatic N) is 2. The van der Waals surface area contributed by atoms with Crippen molar-refractivity contribution < 1.29 is 19.2 Å². The van der Waals surface area contributed by atoms with E-state index in [-0.39, 0.29) is 33.6 Å². The summed E-state index contributed by atoms with van der Waals surface area (Å²) in [6.45, 7) is 0.157. The van der Waals surface area contributed by atoms with Crippen LogP contribution in [0.3, 0.4) is 0 Å². The first-order valence-corrected chi connectivity index (χ1v) is 11.0.